The molecule has 2 aromatic rings. The molecule has 1 aromatic carbocycles. The van der Waals surface area contributed by atoms with E-state index in [0.29, 0.717) is 22.2 Å². The molecule has 0 radical (unpaired) electrons. The lowest BCUT2D eigenvalue weighted by Gasteiger charge is -2.20. The number of nitrogens with one attached hydrogen (secondary N) is 1. The minimum Gasteiger partial charge on any atom is -0.490 e. The van der Waals surface area contributed by atoms with E-state index in [4.69, 9.17) is 27.9 Å². The summed E-state index contributed by atoms with van der Waals surface area (Å²) >= 11 is 12.1. The Morgan fingerprint density at radius 1 is 1.47 bits per heavy atom. The van der Waals surface area contributed by atoms with Gasteiger partial charge in [-0.05, 0) is 19.1 Å². The van der Waals surface area contributed by atoms with Crippen molar-refractivity contribution < 1.29 is 4.74 Å². The number of H-pyrrole nitrogens is 1. The van der Waals surface area contributed by atoms with Crippen molar-refractivity contribution in [3.8, 4) is 0 Å². The van der Waals surface area contributed by atoms with E-state index in [0.717, 1.165) is 11.4 Å². The van der Waals surface area contributed by atoms with Gasteiger partial charge in [-0.15, -0.1) is 0 Å². The predicted molar refractivity (Wildman–Crippen MR) is 77.4 cm³/mol. The van der Waals surface area contributed by atoms with E-state index in [9.17, 15) is 0 Å². The SMILES string of the molecule is C=C(C)OC(Cc1ncc[nH]1)c1ccc(Cl)cc1Cl. The van der Waals surface area contributed by atoms with E-state index in [2.05, 4.69) is 16.5 Å². The molecule has 3 nitrogen and oxygen atoms in total. The smallest absolute Gasteiger partial charge is 0.132 e. The first kappa shape index (κ1) is 14.0. The predicted octanol–water partition coefficient (Wildman–Crippen LogP) is 4.55. The van der Waals surface area contributed by atoms with Crippen molar-refractivity contribution in [2.75, 3.05) is 0 Å². The van der Waals surface area contributed by atoms with Crippen LogP contribution in [0.5, 0.6) is 0 Å². The molecule has 0 bridgehead atoms. The largest absolute Gasteiger partial charge is 0.490 e. The molecule has 0 aliphatic rings. The van der Waals surface area contributed by atoms with E-state index in [1.165, 1.54) is 0 Å². The van der Waals surface area contributed by atoms with Crippen LogP contribution >= 0.6 is 23.2 Å². The lowest BCUT2D eigenvalue weighted by molar-refractivity contribution is 0.118. The molecule has 1 atom stereocenters. The van der Waals surface area contributed by atoms with Crippen LogP contribution in [0.25, 0.3) is 0 Å². The zero-order chi connectivity index (χ0) is 13.8. The van der Waals surface area contributed by atoms with Crippen LogP contribution in [0, 0.1) is 0 Å². The van der Waals surface area contributed by atoms with Gasteiger partial charge in [0.2, 0.25) is 0 Å². The summed E-state index contributed by atoms with van der Waals surface area (Å²) in [6, 6.07) is 5.36. The average molecular weight is 297 g/mol. The van der Waals surface area contributed by atoms with Crippen LogP contribution in [0.4, 0.5) is 0 Å². The van der Waals surface area contributed by atoms with Crippen LogP contribution in [-0.4, -0.2) is 9.97 Å². The number of aromatic amines is 1. The Kier molecular flexibility index (Phi) is 4.51. The fourth-order valence-corrected chi connectivity index (χ4v) is 2.34. The van der Waals surface area contributed by atoms with E-state index >= 15 is 0 Å². The summed E-state index contributed by atoms with van der Waals surface area (Å²) in [5.74, 6) is 1.46. The van der Waals surface area contributed by atoms with Crippen molar-refractivity contribution >= 4 is 23.2 Å². The Morgan fingerprint density at radius 2 is 2.26 bits per heavy atom. The van der Waals surface area contributed by atoms with Crippen molar-refractivity contribution in [2.45, 2.75) is 19.4 Å². The van der Waals surface area contributed by atoms with Crippen molar-refractivity contribution in [3.63, 3.8) is 0 Å². The fourth-order valence-electron chi connectivity index (χ4n) is 1.81. The monoisotopic (exact) mass is 296 g/mol. The summed E-state index contributed by atoms with van der Waals surface area (Å²) in [5, 5.41) is 1.17. The van der Waals surface area contributed by atoms with Gasteiger partial charge in [-0.3, -0.25) is 0 Å². The van der Waals surface area contributed by atoms with Gasteiger partial charge in [0.25, 0.3) is 0 Å². The molecule has 19 heavy (non-hydrogen) atoms. The highest BCUT2D eigenvalue weighted by atomic mass is 35.5. The van der Waals surface area contributed by atoms with Crippen molar-refractivity contribution in [1.29, 1.82) is 0 Å². The molecule has 0 spiro atoms. The summed E-state index contributed by atoms with van der Waals surface area (Å²) < 4.78 is 5.75. The van der Waals surface area contributed by atoms with Gasteiger partial charge in [0.15, 0.2) is 0 Å². The summed E-state index contributed by atoms with van der Waals surface area (Å²) in [4.78, 5) is 7.25. The van der Waals surface area contributed by atoms with Crippen molar-refractivity contribution in [1.82, 2.24) is 9.97 Å². The van der Waals surface area contributed by atoms with Crippen LogP contribution in [0.2, 0.25) is 10.0 Å². The molecule has 100 valence electrons. The van der Waals surface area contributed by atoms with Gasteiger partial charge in [0, 0.05) is 34.4 Å². The first-order chi connectivity index (χ1) is 9.06. The molecule has 0 amide bonds. The number of aromatic nitrogens is 2. The molecule has 5 heteroatoms. The molecule has 2 rings (SSSR count). The number of allylic oxidation sites excluding steroid dienone is 1. The van der Waals surface area contributed by atoms with E-state index in [1.807, 2.05) is 6.07 Å². The maximum Gasteiger partial charge on any atom is 0.132 e. The minimum atomic E-state index is -0.242. The molecule has 0 aliphatic heterocycles. The van der Waals surface area contributed by atoms with Crippen molar-refractivity contribution in [2.24, 2.45) is 0 Å². The number of halogens is 2. The van der Waals surface area contributed by atoms with Gasteiger partial charge < -0.3 is 9.72 Å². The van der Waals surface area contributed by atoms with Gasteiger partial charge in [-0.1, -0.05) is 35.8 Å². The Balaban J connectivity index is 2.28. The lowest BCUT2D eigenvalue weighted by Crippen LogP contribution is -2.08. The van der Waals surface area contributed by atoms with Crippen LogP contribution in [0.1, 0.15) is 24.4 Å². The number of nitrogens with zero attached hydrogens (tertiary/aromatic N) is 1. The highest BCUT2D eigenvalue weighted by Gasteiger charge is 2.18. The topological polar surface area (TPSA) is 37.9 Å². The van der Waals surface area contributed by atoms with Crippen LogP contribution < -0.4 is 0 Å². The van der Waals surface area contributed by atoms with Gasteiger partial charge in [0.05, 0.1) is 5.76 Å². The quantitative estimate of drug-likeness (QED) is 0.822. The van der Waals surface area contributed by atoms with Crippen LogP contribution in [-0.2, 0) is 11.2 Å². The first-order valence-corrected chi connectivity index (χ1v) is 6.57. The molecule has 1 unspecified atom stereocenters. The van der Waals surface area contributed by atoms with Crippen LogP contribution in [0.15, 0.2) is 42.9 Å². The number of hydrogen-bond donors (Lipinski definition) is 1. The summed E-state index contributed by atoms with van der Waals surface area (Å²) in [6.07, 6.45) is 3.82. The molecule has 0 saturated heterocycles. The summed E-state index contributed by atoms with van der Waals surface area (Å²) in [6.45, 7) is 5.58. The number of hydrogen-bond acceptors (Lipinski definition) is 2. The van der Waals surface area contributed by atoms with E-state index in [-0.39, 0.29) is 6.10 Å². The standard InChI is InChI=1S/C14H14Cl2N2O/c1-9(2)19-13(8-14-17-5-6-18-14)11-4-3-10(15)7-12(11)16/h3-7,13H,1,8H2,2H3,(H,17,18). The zero-order valence-electron chi connectivity index (χ0n) is 10.5. The molecular formula is C14H14Cl2N2O. The fraction of sp³-hybridized carbons (Fsp3) is 0.214. The number of benzene rings is 1. The Labute approximate surface area is 122 Å². The second-order valence-electron chi connectivity index (χ2n) is 4.21. The van der Waals surface area contributed by atoms with E-state index < -0.39 is 0 Å². The van der Waals surface area contributed by atoms with Gasteiger partial charge in [-0.2, -0.15) is 0 Å². The van der Waals surface area contributed by atoms with Gasteiger partial charge in [0.1, 0.15) is 11.9 Å². The highest BCUT2D eigenvalue weighted by molar-refractivity contribution is 6.35. The first-order valence-electron chi connectivity index (χ1n) is 5.81. The second kappa shape index (κ2) is 6.13. The number of imidazole rings is 1. The molecule has 1 aromatic heterocycles. The lowest BCUT2D eigenvalue weighted by atomic mass is 10.1. The van der Waals surface area contributed by atoms with E-state index in [1.54, 1.807) is 31.5 Å². The Bertz CT molecular complexity index is 567. The minimum absolute atomic E-state index is 0.242. The highest BCUT2D eigenvalue weighted by Crippen LogP contribution is 2.31. The third kappa shape index (κ3) is 3.75. The molecular weight excluding hydrogens is 283 g/mol. The zero-order valence-corrected chi connectivity index (χ0v) is 12.0. The Hall–Kier alpha value is -1.45. The molecule has 0 aliphatic carbocycles. The van der Waals surface area contributed by atoms with Crippen molar-refractivity contribution in [3.05, 3.63) is 64.4 Å². The third-order valence-corrected chi connectivity index (χ3v) is 3.15. The third-order valence-electron chi connectivity index (χ3n) is 2.59. The normalized spacial score (nSPS) is 12.2. The summed E-state index contributed by atoms with van der Waals surface area (Å²) in [7, 11) is 0. The number of rotatable bonds is 5. The molecule has 1 N–H and O–H groups in total. The maximum absolute atomic E-state index is 6.22. The van der Waals surface area contributed by atoms with Gasteiger partial charge in [-0.25, -0.2) is 4.98 Å². The maximum atomic E-state index is 6.22. The average Bonchev–Trinajstić information content (AvgIpc) is 2.80. The van der Waals surface area contributed by atoms with Crippen LogP contribution in [0.3, 0.4) is 0 Å². The Morgan fingerprint density at radius 3 is 2.84 bits per heavy atom. The number of ether oxygens (including phenoxy) is 1. The molecule has 0 fully saturated rings. The molecule has 1 heterocycles. The molecule has 0 saturated carbocycles. The summed E-state index contributed by atoms with van der Waals surface area (Å²) in [5.41, 5.74) is 0.866. The second-order valence-corrected chi connectivity index (χ2v) is 5.06. The van der Waals surface area contributed by atoms with Gasteiger partial charge >= 0.3 is 0 Å².